The first-order valence-electron chi connectivity index (χ1n) is 10.5. The molecule has 2 aliphatic rings. The van der Waals surface area contributed by atoms with E-state index in [2.05, 4.69) is 15.5 Å². The van der Waals surface area contributed by atoms with Crippen molar-refractivity contribution in [3.63, 3.8) is 0 Å². The van der Waals surface area contributed by atoms with E-state index in [1.165, 1.54) is 6.07 Å². The van der Waals surface area contributed by atoms with E-state index in [1.54, 1.807) is 11.0 Å². The zero-order chi connectivity index (χ0) is 21.1. The molecule has 2 aliphatic heterocycles. The maximum Gasteiger partial charge on any atom is 0.321 e. The highest BCUT2D eigenvalue weighted by Crippen LogP contribution is 2.40. The fraction of sp³-hybridized carbons (Fsp3) is 0.435. The van der Waals surface area contributed by atoms with Gasteiger partial charge in [0.1, 0.15) is 5.82 Å². The summed E-state index contributed by atoms with van der Waals surface area (Å²) in [7, 11) is 1.96. The Kier molecular flexibility index (Phi) is 6.32. The molecule has 30 heavy (non-hydrogen) atoms. The first-order valence-corrected chi connectivity index (χ1v) is 10.5. The maximum absolute atomic E-state index is 14.5. The highest BCUT2D eigenvalue weighted by Gasteiger charge is 2.40. The number of likely N-dealkylation sites (tertiary alicyclic amines) is 1. The standard InChI is InChI=1S/C23H29FN4O2/c1-27-19(15-29)12-17(22(27)20-4-2-3-5-21(20)24)14-25-13-16-6-8-18(9-7-16)28-11-10-26-23(28)30/h2-9,17,19,22,25,29H,10-15H2,1H3,(H,26,30)/t17-,19+,22-/m1/s1. The monoisotopic (exact) mass is 412 g/mol. The molecule has 0 aromatic heterocycles. The molecule has 3 N–H and O–H groups in total. The van der Waals surface area contributed by atoms with Gasteiger partial charge in [0.15, 0.2) is 0 Å². The first kappa shape index (κ1) is 20.8. The number of urea groups is 1. The molecule has 7 heteroatoms. The zero-order valence-corrected chi connectivity index (χ0v) is 17.2. The Balaban J connectivity index is 1.38. The van der Waals surface area contributed by atoms with Gasteiger partial charge in [0.05, 0.1) is 6.61 Å². The van der Waals surface area contributed by atoms with Crippen molar-refractivity contribution in [1.82, 2.24) is 15.5 Å². The van der Waals surface area contributed by atoms with Gasteiger partial charge in [-0.2, -0.15) is 0 Å². The highest BCUT2D eigenvalue weighted by atomic mass is 19.1. The molecule has 0 saturated carbocycles. The van der Waals surface area contributed by atoms with Gasteiger partial charge in [0.2, 0.25) is 0 Å². The molecule has 2 fully saturated rings. The predicted octanol–water partition coefficient (Wildman–Crippen LogP) is 2.50. The van der Waals surface area contributed by atoms with Gasteiger partial charge in [-0.25, -0.2) is 9.18 Å². The minimum atomic E-state index is -0.195. The third kappa shape index (κ3) is 4.19. The fourth-order valence-corrected chi connectivity index (χ4v) is 4.70. The van der Waals surface area contributed by atoms with Crippen molar-refractivity contribution in [1.29, 1.82) is 0 Å². The molecule has 2 saturated heterocycles. The molecule has 2 amide bonds. The number of aliphatic hydroxyl groups is 1. The summed E-state index contributed by atoms with van der Waals surface area (Å²) in [5, 5.41) is 16.0. The predicted molar refractivity (Wildman–Crippen MR) is 115 cm³/mol. The van der Waals surface area contributed by atoms with Crippen LogP contribution in [0.3, 0.4) is 0 Å². The normalized spacial score (nSPS) is 24.4. The largest absolute Gasteiger partial charge is 0.395 e. The van der Waals surface area contributed by atoms with Crippen molar-refractivity contribution in [2.75, 3.05) is 38.2 Å². The lowest BCUT2D eigenvalue weighted by Gasteiger charge is -2.28. The third-order valence-electron chi connectivity index (χ3n) is 6.31. The number of rotatable bonds is 7. The Hall–Kier alpha value is -2.48. The lowest BCUT2D eigenvalue weighted by Crippen LogP contribution is -2.32. The minimum Gasteiger partial charge on any atom is -0.395 e. The molecule has 0 radical (unpaired) electrons. The molecule has 4 rings (SSSR count). The van der Waals surface area contributed by atoms with E-state index in [-0.39, 0.29) is 36.5 Å². The van der Waals surface area contributed by atoms with Gasteiger partial charge in [0.25, 0.3) is 0 Å². The molecule has 0 unspecified atom stereocenters. The van der Waals surface area contributed by atoms with Crippen LogP contribution in [0.5, 0.6) is 0 Å². The summed E-state index contributed by atoms with van der Waals surface area (Å²) in [6, 6.07) is 14.8. The summed E-state index contributed by atoms with van der Waals surface area (Å²) >= 11 is 0. The number of carbonyl (C=O) groups excluding carboxylic acids is 1. The maximum atomic E-state index is 14.5. The fourth-order valence-electron chi connectivity index (χ4n) is 4.70. The molecule has 0 spiro atoms. The average molecular weight is 413 g/mol. The lowest BCUT2D eigenvalue weighted by atomic mass is 9.92. The number of carbonyl (C=O) groups is 1. The van der Waals surface area contributed by atoms with Crippen molar-refractivity contribution < 1.29 is 14.3 Å². The summed E-state index contributed by atoms with van der Waals surface area (Å²) in [4.78, 5) is 15.6. The van der Waals surface area contributed by atoms with Gasteiger partial charge < -0.3 is 15.7 Å². The van der Waals surface area contributed by atoms with Crippen LogP contribution in [0.2, 0.25) is 0 Å². The van der Waals surface area contributed by atoms with Gasteiger partial charge in [-0.3, -0.25) is 9.80 Å². The summed E-state index contributed by atoms with van der Waals surface area (Å²) < 4.78 is 14.5. The number of nitrogens with one attached hydrogen (secondary N) is 2. The smallest absolute Gasteiger partial charge is 0.321 e. The van der Waals surface area contributed by atoms with Gasteiger partial charge in [-0.15, -0.1) is 0 Å². The summed E-state index contributed by atoms with van der Waals surface area (Å²) in [5.41, 5.74) is 2.72. The van der Waals surface area contributed by atoms with Crippen LogP contribution in [0.15, 0.2) is 48.5 Å². The summed E-state index contributed by atoms with van der Waals surface area (Å²) in [6.07, 6.45) is 0.821. The summed E-state index contributed by atoms with van der Waals surface area (Å²) in [6.45, 7) is 2.87. The van der Waals surface area contributed by atoms with Crippen molar-refractivity contribution in [2.24, 2.45) is 5.92 Å². The SMILES string of the molecule is CN1[C@H](CO)C[C@H](CNCc2ccc(N3CCNC3=O)cc2)[C@@H]1c1ccccc1F. The number of amides is 2. The van der Waals surface area contributed by atoms with Crippen LogP contribution >= 0.6 is 0 Å². The van der Waals surface area contributed by atoms with Crippen LogP contribution in [0.4, 0.5) is 14.9 Å². The Morgan fingerprint density at radius 2 is 1.97 bits per heavy atom. The Bertz CT molecular complexity index is 876. The third-order valence-corrected chi connectivity index (χ3v) is 6.31. The molecule has 0 bridgehead atoms. The Morgan fingerprint density at radius 3 is 2.63 bits per heavy atom. The van der Waals surface area contributed by atoms with Crippen LogP contribution in [0.25, 0.3) is 0 Å². The van der Waals surface area contributed by atoms with Crippen LogP contribution in [0, 0.1) is 11.7 Å². The number of halogens is 1. The van der Waals surface area contributed by atoms with Crippen LogP contribution in [0.1, 0.15) is 23.6 Å². The van der Waals surface area contributed by atoms with Gasteiger partial charge in [-0.1, -0.05) is 30.3 Å². The number of hydrogen-bond acceptors (Lipinski definition) is 4. The minimum absolute atomic E-state index is 0.0345. The number of benzene rings is 2. The van der Waals surface area contributed by atoms with Gasteiger partial charge >= 0.3 is 6.03 Å². The number of hydrogen-bond donors (Lipinski definition) is 3. The number of nitrogens with zero attached hydrogens (tertiary/aromatic N) is 2. The van der Waals surface area contributed by atoms with Crippen LogP contribution < -0.4 is 15.5 Å². The van der Waals surface area contributed by atoms with E-state index in [1.807, 2.05) is 43.4 Å². The lowest BCUT2D eigenvalue weighted by molar-refractivity contribution is 0.151. The van der Waals surface area contributed by atoms with E-state index in [4.69, 9.17) is 0 Å². The van der Waals surface area contributed by atoms with Gasteiger partial charge in [-0.05, 0) is 43.1 Å². The van der Waals surface area contributed by atoms with Crippen LogP contribution in [-0.2, 0) is 6.54 Å². The summed E-state index contributed by atoms with van der Waals surface area (Å²) in [5.74, 6) is 0.0103. The zero-order valence-electron chi connectivity index (χ0n) is 17.2. The Labute approximate surface area is 176 Å². The van der Waals surface area contributed by atoms with Crippen molar-refractivity contribution in [3.8, 4) is 0 Å². The number of likely N-dealkylation sites (N-methyl/N-ethyl adjacent to an activating group) is 1. The van der Waals surface area contributed by atoms with Crippen molar-refractivity contribution in [2.45, 2.75) is 25.0 Å². The Morgan fingerprint density at radius 1 is 1.20 bits per heavy atom. The first-order chi connectivity index (χ1) is 14.6. The molecule has 160 valence electrons. The molecule has 0 aliphatic carbocycles. The molecule has 6 nitrogen and oxygen atoms in total. The van der Waals surface area contributed by atoms with E-state index >= 15 is 0 Å². The highest BCUT2D eigenvalue weighted by molar-refractivity contribution is 5.93. The second-order valence-electron chi connectivity index (χ2n) is 8.14. The molecule has 2 heterocycles. The second kappa shape index (κ2) is 9.12. The van der Waals surface area contributed by atoms with Crippen molar-refractivity contribution >= 4 is 11.7 Å². The van der Waals surface area contributed by atoms with Crippen molar-refractivity contribution in [3.05, 3.63) is 65.5 Å². The molecule has 2 aromatic rings. The molecule has 2 aromatic carbocycles. The van der Waals surface area contributed by atoms with Gasteiger partial charge in [0, 0.05) is 49.5 Å². The molecular weight excluding hydrogens is 383 g/mol. The second-order valence-corrected chi connectivity index (χ2v) is 8.14. The quantitative estimate of drug-likeness (QED) is 0.654. The molecule has 3 atom stereocenters. The number of aliphatic hydroxyl groups excluding tert-OH is 1. The topological polar surface area (TPSA) is 67.8 Å². The van der Waals surface area contributed by atoms with E-state index in [0.717, 1.165) is 24.2 Å². The number of anilines is 1. The molecular formula is C23H29FN4O2. The van der Waals surface area contributed by atoms with E-state index in [9.17, 15) is 14.3 Å². The average Bonchev–Trinajstić information content (AvgIpc) is 3.32. The van der Waals surface area contributed by atoms with E-state index in [0.29, 0.717) is 25.2 Å². The van der Waals surface area contributed by atoms with E-state index < -0.39 is 0 Å². The van der Waals surface area contributed by atoms with Crippen LogP contribution in [-0.4, -0.2) is 55.4 Å².